The lowest BCUT2D eigenvalue weighted by Gasteiger charge is -2.34. The summed E-state index contributed by atoms with van der Waals surface area (Å²) in [5.41, 5.74) is 9.14. The summed E-state index contributed by atoms with van der Waals surface area (Å²) >= 11 is 0. The first-order valence-electron chi connectivity index (χ1n) is 7.14. The van der Waals surface area contributed by atoms with E-state index in [2.05, 4.69) is 24.3 Å². The molecule has 0 aromatic heterocycles. The van der Waals surface area contributed by atoms with Crippen molar-refractivity contribution in [2.24, 2.45) is 5.73 Å². The molecule has 0 bridgehead atoms. The zero-order valence-electron chi connectivity index (χ0n) is 11.2. The number of nitrogens with two attached hydrogens (primary N) is 1. The van der Waals surface area contributed by atoms with Crippen LogP contribution in [0.2, 0.25) is 0 Å². The summed E-state index contributed by atoms with van der Waals surface area (Å²) < 4.78 is 5.67. The largest absolute Gasteiger partial charge is 0.374 e. The Balaban J connectivity index is 1.91. The molecule has 2 nitrogen and oxygen atoms in total. The van der Waals surface area contributed by atoms with E-state index in [4.69, 9.17) is 10.5 Å². The van der Waals surface area contributed by atoms with Gasteiger partial charge in [0.25, 0.3) is 0 Å². The van der Waals surface area contributed by atoms with E-state index in [0.29, 0.717) is 0 Å². The Morgan fingerprint density at radius 1 is 1.00 bits per heavy atom. The Morgan fingerprint density at radius 3 is 2.28 bits per heavy atom. The van der Waals surface area contributed by atoms with Crippen molar-refractivity contribution in [3.8, 4) is 0 Å². The predicted octanol–water partition coefficient (Wildman–Crippen LogP) is 3.44. The first-order chi connectivity index (χ1) is 8.69. The normalized spacial score (nSPS) is 24.8. The van der Waals surface area contributed by atoms with E-state index >= 15 is 0 Å². The monoisotopic (exact) mass is 245 g/mol. The van der Waals surface area contributed by atoms with Crippen LogP contribution in [-0.2, 0) is 15.9 Å². The summed E-state index contributed by atoms with van der Waals surface area (Å²) in [6.07, 6.45) is 8.38. The number of methoxy groups -OCH3 is 1. The Kier molecular flexibility index (Phi) is 2.95. The van der Waals surface area contributed by atoms with Crippen LogP contribution in [0.3, 0.4) is 0 Å². The molecule has 2 heteroatoms. The molecule has 0 heterocycles. The molecule has 1 aromatic rings. The Bertz CT molecular complexity index is 430. The number of rotatable bonds is 3. The van der Waals surface area contributed by atoms with Crippen molar-refractivity contribution in [3.05, 3.63) is 35.4 Å². The van der Waals surface area contributed by atoms with Gasteiger partial charge in [-0.1, -0.05) is 43.5 Å². The van der Waals surface area contributed by atoms with Gasteiger partial charge >= 0.3 is 0 Å². The SMILES string of the molecule is COC1(c2cccc(C3(N)CCCCC3)c2)CC1. The number of benzene rings is 1. The van der Waals surface area contributed by atoms with Crippen LogP contribution >= 0.6 is 0 Å². The van der Waals surface area contributed by atoms with Crippen LogP contribution in [0.5, 0.6) is 0 Å². The minimum Gasteiger partial charge on any atom is -0.374 e. The third kappa shape index (κ3) is 1.98. The van der Waals surface area contributed by atoms with Crippen LogP contribution in [-0.4, -0.2) is 7.11 Å². The van der Waals surface area contributed by atoms with Crippen LogP contribution < -0.4 is 5.73 Å². The Hall–Kier alpha value is -0.860. The van der Waals surface area contributed by atoms with Crippen LogP contribution in [0, 0.1) is 0 Å². The molecule has 0 spiro atoms. The first-order valence-corrected chi connectivity index (χ1v) is 7.14. The van der Waals surface area contributed by atoms with Crippen molar-refractivity contribution in [2.75, 3.05) is 7.11 Å². The van der Waals surface area contributed by atoms with E-state index in [0.717, 1.165) is 25.7 Å². The molecule has 0 unspecified atom stereocenters. The highest BCUT2D eigenvalue weighted by molar-refractivity contribution is 5.35. The first kappa shape index (κ1) is 12.2. The fraction of sp³-hybridized carbons (Fsp3) is 0.625. The van der Waals surface area contributed by atoms with Crippen molar-refractivity contribution in [3.63, 3.8) is 0 Å². The highest BCUT2D eigenvalue weighted by Crippen LogP contribution is 2.49. The van der Waals surface area contributed by atoms with Gasteiger partial charge < -0.3 is 10.5 Å². The highest BCUT2D eigenvalue weighted by Gasteiger charge is 2.45. The highest BCUT2D eigenvalue weighted by atomic mass is 16.5. The van der Waals surface area contributed by atoms with Gasteiger partial charge in [-0.2, -0.15) is 0 Å². The van der Waals surface area contributed by atoms with Crippen molar-refractivity contribution < 1.29 is 4.74 Å². The minimum absolute atomic E-state index is 0.00103. The van der Waals surface area contributed by atoms with E-state index in [-0.39, 0.29) is 11.1 Å². The third-order valence-corrected chi connectivity index (χ3v) is 4.80. The molecular formula is C16H23NO. The van der Waals surface area contributed by atoms with Gasteiger partial charge in [0.1, 0.15) is 0 Å². The zero-order valence-corrected chi connectivity index (χ0v) is 11.2. The maximum Gasteiger partial charge on any atom is 0.0930 e. The van der Waals surface area contributed by atoms with Crippen molar-refractivity contribution in [2.45, 2.75) is 56.1 Å². The summed E-state index contributed by atoms with van der Waals surface area (Å²) in [5, 5.41) is 0. The summed E-state index contributed by atoms with van der Waals surface area (Å²) in [7, 11) is 1.82. The molecule has 1 aromatic carbocycles. The van der Waals surface area contributed by atoms with E-state index in [1.807, 2.05) is 7.11 Å². The van der Waals surface area contributed by atoms with Gasteiger partial charge in [0, 0.05) is 12.6 Å². The van der Waals surface area contributed by atoms with Gasteiger partial charge in [-0.05, 0) is 36.8 Å². The molecule has 18 heavy (non-hydrogen) atoms. The van der Waals surface area contributed by atoms with Gasteiger partial charge in [-0.15, -0.1) is 0 Å². The summed E-state index contributed by atoms with van der Waals surface area (Å²) in [5.74, 6) is 0. The average molecular weight is 245 g/mol. The minimum atomic E-state index is -0.0991. The van der Waals surface area contributed by atoms with Crippen LogP contribution in [0.1, 0.15) is 56.1 Å². The topological polar surface area (TPSA) is 35.2 Å². The summed E-state index contributed by atoms with van der Waals surface area (Å²) in [4.78, 5) is 0. The molecule has 0 aliphatic heterocycles. The van der Waals surface area contributed by atoms with Crippen molar-refractivity contribution in [1.29, 1.82) is 0 Å². The molecule has 0 atom stereocenters. The second kappa shape index (κ2) is 4.36. The molecule has 2 N–H and O–H groups in total. The quantitative estimate of drug-likeness (QED) is 0.885. The lowest BCUT2D eigenvalue weighted by molar-refractivity contribution is 0.0787. The smallest absolute Gasteiger partial charge is 0.0930 e. The van der Waals surface area contributed by atoms with E-state index in [1.54, 1.807) is 0 Å². The second-order valence-electron chi connectivity index (χ2n) is 6.00. The molecule has 0 amide bonds. The van der Waals surface area contributed by atoms with Gasteiger partial charge in [0.05, 0.1) is 5.60 Å². The Morgan fingerprint density at radius 2 is 1.67 bits per heavy atom. The average Bonchev–Trinajstić information content (AvgIpc) is 3.21. The molecule has 2 fully saturated rings. The summed E-state index contributed by atoms with van der Waals surface area (Å²) in [6.45, 7) is 0. The number of hydrogen-bond donors (Lipinski definition) is 1. The van der Waals surface area contributed by atoms with Crippen molar-refractivity contribution in [1.82, 2.24) is 0 Å². The van der Waals surface area contributed by atoms with Crippen LogP contribution in [0.4, 0.5) is 0 Å². The lowest BCUT2D eigenvalue weighted by atomic mass is 9.77. The van der Waals surface area contributed by atoms with E-state index in [1.165, 1.54) is 30.4 Å². The van der Waals surface area contributed by atoms with Gasteiger partial charge in [0.15, 0.2) is 0 Å². The molecule has 2 aliphatic rings. The second-order valence-corrected chi connectivity index (χ2v) is 6.00. The van der Waals surface area contributed by atoms with Crippen LogP contribution in [0.25, 0.3) is 0 Å². The molecule has 98 valence electrons. The fourth-order valence-corrected chi connectivity index (χ4v) is 3.31. The van der Waals surface area contributed by atoms with Crippen molar-refractivity contribution >= 4 is 0 Å². The third-order valence-electron chi connectivity index (χ3n) is 4.80. The molecule has 2 saturated carbocycles. The fourth-order valence-electron chi connectivity index (χ4n) is 3.31. The van der Waals surface area contributed by atoms with E-state index < -0.39 is 0 Å². The van der Waals surface area contributed by atoms with Crippen LogP contribution in [0.15, 0.2) is 24.3 Å². The molecule has 3 rings (SSSR count). The maximum atomic E-state index is 6.61. The lowest BCUT2D eigenvalue weighted by Crippen LogP contribution is -2.38. The molecular weight excluding hydrogens is 222 g/mol. The standard InChI is InChI=1S/C16H23NO/c1-18-16(10-11-16)14-7-5-6-13(12-14)15(17)8-3-2-4-9-15/h5-7,12H,2-4,8-11,17H2,1H3. The van der Waals surface area contributed by atoms with Gasteiger partial charge in [-0.25, -0.2) is 0 Å². The summed E-state index contributed by atoms with van der Waals surface area (Å²) in [6, 6.07) is 8.82. The number of hydrogen-bond acceptors (Lipinski definition) is 2. The zero-order chi connectivity index (χ0) is 12.6. The van der Waals surface area contributed by atoms with Gasteiger partial charge in [0.2, 0.25) is 0 Å². The van der Waals surface area contributed by atoms with E-state index in [9.17, 15) is 0 Å². The molecule has 0 radical (unpaired) electrons. The maximum absolute atomic E-state index is 6.61. The molecule has 2 aliphatic carbocycles. The molecule has 0 saturated heterocycles. The predicted molar refractivity (Wildman–Crippen MR) is 73.3 cm³/mol. The number of ether oxygens (including phenoxy) is 1. The Labute approximate surface area is 110 Å². The van der Waals surface area contributed by atoms with Gasteiger partial charge in [-0.3, -0.25) is 0 Å².